The molecule has 0 radical (unpaired) electrons. The van der Waals surface area contributed by atoms with Crippen molar-refractivity contribution >= 4 is 17.3 Å². The number of nitrogens with zero attached hydrogens (tertiary/aromatic N) is 4. The Bertz CT molecular complexity index is 905. The number of aromatic nitrogens is 3. The van der Waals surface area contributed by atoms with E-state index in [1.165, 1.54) is 17.1 Å². The van der Waals surface area contributed by atoms with E-state index in [-0.39, 0.29) is 11.4 Å². The highest BCUT2D eigenvalue weighted by atomic mass is 16.6. The number of para-hydroxylation sites is 1. The minimum absolute atomic E-state index is 0.0549. The predicted molar refractivity (Wildman–Crippen MR) is 87.1 cm³/mol. The topological polar surface area (TPSA) is 103 Å². The van der Waals surface area contributed by atoms with Gasteiger partial charge in [-0.2, -0.15) is 9.90 Å². The highest BCUT2D eigenvalue weighted by Crippen LogP contribution is 2.22. The third-order valence-electron chi connectivity index (χ3n) is 3.38. The van der Waals surface area contributed by atoms with E-state index in [4.69, 9.17) is 0 Å². The molecular weight excluding hydrogens is 310 g/mol. The lowest BCUT2D eigenvalue weighted by molar-refractivity contribution is -0.385. The van der Waals surface area contributed by atoms with Gasteiger partial charge >= 0.3 is 0 Å². The predicted octanol–water partition coefficient (Wildman–Crippen LogP) is 2.74. The number of carbonyl (C=O) groups excluding carboxylic acids is 1. The average molecular weight is 323 g/mol. The molecule has 1 heterocycles. The molecule has 0 saturated carbocycles. The van der Waals surface area contributed by atoms with Crippen LogP contribution in [0.5, 0.6) is 0 Å². The van der Waals surface area contributed by atoms with Gasteiger partial charge in [-0.3, -0.25) is 14.9 Å². The van der Waals surface area contributed by atoms with Crippen LogP contribution in [0.3, 0.4) is 0 Å². The van der Waals surface area contributed by atoms with Gasteiger partial charge in [-0.25, -0.2) is 0 Å². The number of hydrogen-bond donors (Lipinski definition) is 1. The Balaban J connectivity index is 1.80. The van der Waals surface area contributed by atoms with Gasteiger partial charge < -0.3 is 5.32 Å². The van der Waals surface area contributed by atoms with Crippen molar-refractivity contribution in [3.63, 3.8) is 0 Å². The Kier molecular flexibility index (Phi) is 4.02. The van der Waals surface area contributed by atoms with Crippen molar-refractivity contribution in [1.29, 1.82) is 0 Å². The zero-order valence-corrected chi connectivity index (χ0v) is 12.7. The number of hydrogen-bond acceptors (Lipinski definition) is 5. The van der Waals surface area contributed by atoms with Gasteiger partial charge in [0.25, 0.3) is 11.6 Å². The number of nitro benzene ring substituents is 1. The second-order valence-electron chi connectivity index (χ2n) is 5.07. The average Bonchev–Trinajstić information content (AvgIpc) is 3.07. The van der Waals surface area contributed by atoms with E-state index in [1.807, 2.05) is 30.3 Å². The van der Waals surface area contributed by atoms with Crippen molar-refractivity contribution in [3.05, 3.63) is 76.1 Å². The lowest BCUT2D eigenvalue weighted by atomic mass is 10.2. The van der Waals surface area contributed by atoms with Crippen LogP contribution in [0.25, 0.3) is 5.69 Å². The van der Waals surface area contributed by atoms with Crippen LogP contribution in [0.2, 0.25) is 0 Å². The summed E-state index contributed by atoms with van der Waals surface area (Å²) in [5.74, 6) is -0.490. The van der Waals surface area contributed by atoms with Crippen molar-refractivity contribution in [2.75, 3.05) is 5.32 Å². The van der Waals surface area contributed by atoms with Crippen molar-refractivity contribution in [1.82, 2.24) is 15.0 Å². The summed E-state index contributed by atoms with van der Waals surface area (Å²) in [7, 11) is 0. The Morgan fingerprint density at radius 3 is 2.67 bits per heavy atom. The molecule has 0 fully saturated rings. The van der Waals surface area contributed by atoms with E-state index >= 15 is 0 Å². The first-order chi connectivity index (χ1) is 11.5. The van der Waals surface area contributed by atoms with Crippen LogP contribution < -0.4 is 5.32 Å². The Morgan fingerprint density at radius 1 is 1.21 bits per heavy atom. The number of aryl methyl sites for hydroxylation is 1. The van der Waals surface area contributed by atoms with Crippen molar-refractivity contribution in [2.24, 2.45) is 0 Å². The van der Waals surface area contributed by atoms with Gasteiger partial charge in [0, 0.05) is 17.3 Å². The zero-order chi connectivity index (χ0) is 17.1. The Labute approximate surface area is 136 Å². The molecule has 8 heteroatoms. The number of nitro groups is 1. The number of carbonyl (C=O) groups is 1. The molecule has 3 aromatic rings. The molecule has 0 unspecified atom stereocenters. The molecule has 0 aliphatic heterocycles. The fourth-order valence-electron chi connectivity index (χ4n) is 2.13. The molecular formula is C16H13N5O3. The molecule has 1 amide bonds. The summed E-state index contributed by atoms with van der Waals surface area (Å²) in [5, 5.41) is 21.7. The first-order valence-electron chi connectivity index (χ1n) is 7.09. The normalized spacial score (nSPS) is 10.4. The molecule has 8 nitrogen and oxygen atoms in total. The third kappa shape index (κ3) is 3.12. The van der Waals surface area contributed by atoms with Crippen LogP contribution >= 0.6 is 0 Å². The first kappa shape index (κ1) is 15.3. The Hall–Kier alpha value is -3.55. The molecule has 1 N–H and O–H groups in total. The summed E-state index contributed by atoms with van der Waals surface area (Å²) in [6.45, 7) is 1.63. The second kappa shape index (κ2) is 6.29. The van der Waals surface area contributed by atoms with E-state index in [2.05, 4.69) is 15.5 Å². The molecule has 0 atom stereocenters. The fourth-order valence-corrected chi connectivity index (χ4v) is 2.13. The molecule has 120 valence electrons. The summed E-state index contributed by atoms with van der Waals surface area (Å²) < 4.78 is 0. The van der Waals surface area contributed by atoms with Crippen molar-refractivity contribution < 1.29 is 9.72 Å². The lowest BCUT2D eigenvalue weighted by Crippen LogP contribution is -2.13. The van der Waals surface area contributed by atoms with Gasteiger partial charge in [0.2, 0.25) is 0 Å². The maximum Gasteiger partial charge on any atom is 0.277 e. The van der Waals surface area contributed by atoms with Gasteiger partial charge in [-0.15, -0.1) is 5.10 Å². The van der Waals surface area contributed by atoms with Gasteiger partial charge in [-0.05, 0) is 25.1 Å². The largest absolute Gasteiger partial charge is 0.320 e. The third-order valence-corrected chi connectivity index (χ3v) is 3.38. The summed E-state index contributed by atoms with van der Waals surface area (Å²) in [5.41, 5.74) is 1.63. The summed E-state index contributed by atoms with van der Waals surface area (Å²) >= 11 is 0. The molecule has 1 aromatic heterocycles. The molecule has 0 aliphatic carbocycles. The maximum absolute atomic E-state index is 12.2. The number of anilines is 1. The fraction of sp³-hybridized carbons (Fsp3) is 0.0625. The lowest BCUT2D eigenvalue weighted by Gasteiger charge is -2.04. The monoisotopic (exact) mass is 323 g/mol. The summed E-state index contributed by atoms with van der Waals surface area (Å²) in [6.07, 6.45) is 1.34. The summed E-state index contributed by atoms with van der Waals surface area (Å²) in [6, 6.07) is 13.7. The molecule has 2 aromatic carbocycles. The Morgan fingerprint density at radius 2 is 1.96 bits per heavy atom. The quantitative estimate of drug-likeness (QED) is 0.587. The van der Waals surface area contributed by atoms with E-state index in [1.54, 1.807) is 19.1 Å². The first-order valence-corrected chi connectivity index (χ1v) is 7.09. The maximum atomic E-state index is 12.2. The van der Waals surface area contributed by atoms with E-state index in [0.29, 0.717) is 11.3 Å². The second-order valence-corrected chi connectivity index (χ2v) is 5.07. The number of benzene rings is 2. The van der Waals surface area contributed by atoms with Gasteiger partial charge in [-0.1, -0.05) is 24.3 Å². The molecule has 3 rings (SSSR count). The van der Waals surface area contributed by atoms with Crippen LogP contribution in [0.4, 0.5) is 11.4 Å². The highest BCUT2D eigenvalue weighted by molar-refractivity contribution is 6.02. The van der Waals surface area contributed by atoms with Crippen molar-refractivity contribution in [3.8, 4) is 5.69 Å². The smallest absolute Gasteiger partial charge is 0.277 e. The van der Waals surface area contributed by atoms with Crippen LogP contribution in [0.1, 0.15) is 16.1 Å². The molecule has 0 spiro atoms. The number of amides is 1. The highest BCUT2D eigenvalue weighted by Gasteiger charge is 2.15. The van der Waals surface area contributed by atoms with E-state index < -0.39 is 10.8 Å². The van der Waals surface area contributed by atoms with Crippen LogP contribution in [-0.4, -0.2) is 25.8 Å². The van der Waals surface area contributed by atoms with E-state index in [0.717, 1.165) is 5.69 Å². The molecule has 0 aliphatic rings. The molecule has 0 saturated heterocycles. The molecule has 24 heavy (non-hydrogen) atoms. The van der Waals surface area contributed by atoms with Crippen molar-refractivity contribution in [2.45, 2.75) is 6.92 Å². The standard InChI is InChI=1S/C16H13N5O3/c1-11-7-8-12(9-15(11)21(23)24)18-16(22)14-10-17-20(19-14)13-5-3-2-4-6-13/h2-10H,1H3,(H,18,22). The minimum Gasteiger partial charge on any atom is -0.320 e. The van der Waals surface area contributed by atoms with E-state index in [9.17, 15) is 14.9 Å². The van der Waals surface area contributed by atoms with Gasteiger partial charge in [0.1, 0.15) is 0 Å². The summed E-state index contributed by atoms with van der Waals surface area (Å²) in [4.78, 5) is 24.0. The number of rotatable bonds is 4. The number of nitrogens with one attached hydrogen (secondary N) is 1. The van der Waals surface area contributed by atoms with Crippen LogP contribution in [0, 0.1) is 17.0 Å². The zero-order valence-electron chi connectivity index (χ0n) is 12.7. The van der Waals surface area contributed by atoms with Crippen LogP contribution in [-0.2, 0) is 0 Å². The van der Waals surface area contributed by atoms with Gasteiger partial charge in [0.15, 0.2) is 5.69 Å². The van der Waals surface area contributed by atoms with Gasteiger partial charge in [0.05, 0.1) is 16.8 Å². The SMILES string of the molecule is Cc1ccc(NC(=O)c2cnn(-c3ccccc3)n2)cc1[N+](=O)[O-]. The molecule has 0 bridgehead atoms. The van der Waals surface area contributed by atoms with Crippen LogP contribution in [0.15, 0.2) is 54.7 Å². The minimum atomic E-state index is -0.490.